The summed E-state index contributed by atoms with van der Waals surface area (Å²) in [5.41, 5.74) is 8.61. The van der Waals surface area contributed by atoms with Gasteiger partial charge in [-0.15, -0.1) is 0 Å². The third kappa shape index (κ3) is 3.51. The van der Waals surface area contributed by atoms with Crippen molar-refractivity contribution < 1.29 is 4.42 Å². The number of hydrogen-bond donors (Lipinski definition) is 0. The van der Waals surface area contributed by atoms with E-state index < -0.39 is 0 Å². The lowest BCUT2D eigenvalue weighted by Gasteiger charge is -2.15. The van der Waals surface area contributed by atoms with Crippen LogP contribution in [0, 0.1) is 6.92 Å². The van der Waals surface area contributed by atoms with Gasteiger partial charge in [-0.2, -0.15) is 0 Å². The number of para-hydroxylation sites is 1. The molecule has 0 aliphatic rings. The minimum absolute atomic E-state index is 0.771. The van der Waals surface area contributed by atoms with E-state index in [4.69, 9.17) is 14.4 Å². The van der Waals surface area contributed by atoms with Crippen LogP contribution in [0.15, 0.2) is 108 Å². The summed E-state index contributed by atoms with van der Waals surface area (Å²) in [6.07, 6.45) is 5.88. The van der Waals surface area contributed by atoms with E-state index in [1.54, 1.807) is 6.08 Å². The third-order valence-electron chi connectivity index (χ3n) is 7.50. The second-order valence-electron chi connectivity index (χ2n) is 9.76. The van der Waals surface area contributed by atoms with Crippen molar-refractivity contribution >= 4 is 55.7 Å². The minimum atomic E-state index is 0.771. The largest absolute Gasteiger partial charge is 0.455 e. The Labute approximate surface area is 226 Å². The third-order valence-corrected chi connectivity index (χ3v) is 7.50. The van der Waals surface area contributed by atoms with E-state index in [2.05, 4.69) is 111 Å². The molecule has 0 unspecified atom stereocenters. The van der Waals surface area contributed by atoms with Gasteiger partial charge >= 0.3 is 0 Å². The molecule has 0 aliphatic heterocycles. The number of hydrogen-bond acceptors (Lipinski definition) is 3. The molecule has 39 heavy (non-hydrogen) atoms. The van der Waals surface area contributed by atoms with Gasteiger partial charge < -0.3 is 4.42 Å². The lowest BCUT2D eigenvalue weighted by molar-refractivity contribution is 0.604. The Morgan fingerprint density at radius 3 is 1.87 bits per heavy atom. The molecule has 0 atom stereocenters. The summed E-state index contributed by atoms with van der Waals surface area (Å²) in [6, 6.07) is 31.6. The van der Waals surface area contributed by atoms with Crippen LogP contribution in [-0.2, 0) is 0 Å². The van der Waals surface area contributed by atoms with Crippen LogP contribution in [0.3, 0.4) is 0 Å². The van der Waals surface area contributed by atoms with Crippen LogP contribution in [0.1, 0.15) is 23.9 Å². The Bertz CT molecular complexity index is 2110. The van der Waals surface area contributed by atoms with Crippen molar-refractivity contribution in [3.05, 3.63) is 121 Å². The molecule has 186 valence electrons. The highest BCUT2D eigenvalue weighted by Gasteiger charge is 2.20. The predicted molar refractivity (Wildman–Crippen MR) is 165 cm³/mol. The molecule has 2 aromatic heterocycles. The predicted octanol–water partition coefficient (Wildman–Crippen LogP) is 10.0. The molecule has 3 heteroatoms. The van der Waals surface area contributed by atoms with E-state index >= 15 is 0 Å². The summed E-state index contributed by atoms with van der Waals surface area (Å²) in [5, 5.41) is 5.68. The highest BCUT2D eigenvalue weighted by atomic mass is 16.3. The second-order valence-corrected chi connectivity index (χ2v) is 9.76. The maximum absolute atomic E-state index is 6.38. The van der Waals surface area contributed by atoms with E-state index in [0.717, 1.165) is 72.2 Å². The molecule has 0 saturated carbocycles. The summed E-state index contributed by atoms with van der Waals surface area (Å²) < 4.78 is 6.38. The average molecular weight is 503 g/mol. The molecule has 0 spiro atoms. The van der Waals surface area contributed by atoms with Crippen LogP contribution in [0.25, 0.3) is 78.1 Å². The topological polar surface area (TPSA) is 38.9 Å². The monoisotopic (exact) mass is 502 g/mol. The standard InChI is InChI=1S/C36H26N2O/c1-4-13-26-31-21-12-20-30(36(31)39-32(26)5-2)25-16-8-9-17-27(25)33-22(3)37-34-28-18-10-6-14-23(28)24-15-7-11-19-29(24)35(34)38-33/h4-21H,2H2,1,3H3/b13-4-. The minimum Gasteiger partial charge on any atom is -0.455 e. The lowest BCUT2D eigenvalue weighted by atomic mass is 9.94. The molecule has 0 amide bonds. The second kappa shape index (κ2) is 9.07. The van der Waals surface area contributed by atoms with Gasteiger partial charge in [0.1, 0.15) is 11.3 Å². The lowest BCUT2D eigenvalue weighted by Crippen LogP contribution is -1.98. The van der Waals surface area contributed by atoms with Crippen LogP contribution in [0.5, 0.6) is 0 Å². The molecular weight excluding hydrogens is 476 g/mol. The smallest absolute Gasteiger partial charge is 0.143 e. The van der Waals surface area contributed by atoms with Crippen molar-refractivity contribution in [1.29, 1.82) is 0 Å². The number of nitrogens with zero attached hydrogens (tertiary/aromatic N) is 2. The zero-order valence-corrected chi connectivity index (χ0v) is 21.9. The summed E-state index contributed by atoms with van der Waals surface area (Å²) in [6.45, 7) is 8.04. The fourth-order valence-electron chi connectivity index (χ4n) is 5.78. The number of aromatic nitrogens is 2. The Hall–Kier alpha value is -5.02. The average Bonchev–Trinajstić information content (AvgIpc) is 3.35. The summed E-state index contributed by atoms with van der Waals surface area (Å²) in [7, 11) is 0. The molecule has 2 heterocycles. The number of fused-ring (bicyclic) bond motifs is 7. The van der Waals surface area contributed by atoms with Crippen molar-refractivity contribution in [1.82, 2.24) is 9.97 Å². The Kier molecular flexibility index (Phi) is 5.38. The first-order valence-electron chi connectivity index (χ1n) is 13.2. The van der Waals surface area contributed by atoms with Gasteiger partial charge in [0.15, 0.2) is 0 Å². The molecule has 7 aromatic rings. The van der Waals surface area contributed by atoms with Gasteiger partial charge in [0.25, 0.3) is 0 Å². The number of allylic oxidation sites excluding steroid dienone is 1. The fourth-order valence-corrected chi connectivity index (χ4v) is 5.78. The van der Waals surface area contributed by atoms with Gasteiger partial charge in [0, 0.05) is 32.8 Å². The maximum Gasteiger partial charge on any atom is 0.143 e. The summed E-state index contributed by atoms with van der Waals surface area (Å²) in [5.74, 6) is 0.771. The molecular formula is C36H26N2O. The van der Waals surface area contributed by atoms with E-state index in [9.17, 15) is 0 Å². The molecule has 0 bridgehead atoms. The van der Waals surface area contributed by atoms with Crippen LogP contribution in [0.2, 0.25) is 0 Å². The zero-order chi connectivity index (χ0) is 26.5. The Morgan fingerprint density at radius 2 is 1.21 bits per heavy atom. The maximum atomic E-state index is 6.38. The van der Waals surface area contributed by atoms with Gasteiger partial charge in [-0.05, 0) is 36.3 Å². The Balaban J connectivity index is 1.54. The number of benzene rings is 5. The van der Waals surface area contributed by atoms with Crippen molar-refractivity contribution in [2.75, 3.05) is 0 Å². The molecule has 0 radical (unpaired) electrons. The van der Waals surface area contributed by atoms with Gasteiger partial charge in [-0.25, -0.2) is 9.97 Å². The first-order chi connectivity index (χ1) is 19.2. The van der Waals surface area contributed by atoms with E-state index in [0.29, 0.717) is 0 Å². The van der Waals surface area contributed by atoms with Crippen LogP contribution >= 0.6 is 0 Å². The molecule has 0 aliphatic carbocycles. The molecule has 5 aromatic carbocycles. The molecule has 3 nitrogen and oxygen atoms in total. The first kappa shape index (κ1) is 23.1. The van der Waals surface area contributed by atoms with E-state index in [-0.39, 0.29) is 0 Å². The zero-order valence-electron chi connectivity index (χ0n) is 21.9. The molecule has 0 N–H and O–H groups in total. The number of aryl methyl sites for hydroxylation is 1. The quantitative estimate of drug-likeness (QED) is 0.225. The molecule has 7 rings (SSSR count). The fraction of sp³-hybridized carbons (Fsp3) is 0.0556. The number of furan rings is 1. The van der Waals surface area contributed by atoms with Crippen LogP contribution in [-0.4, -0.2) is 9.97 Å². The van der Waals surface area contributed by atoms with Crippen molar-refractivity contribution in [3.63, 3.8) is 0 Å². The summed E-state index contributed by atoms with van der Waals surface area (Å²) >= 11 is 0. The van der Waals surface area contributed by atoms with Gasteiger partial charge in [-0.1, -0.05) is 110 Å². The van der Waals surface area contributed by atoms with Crippen molar-refractivity contribution in [3.8, 4) is 22.4 Å². The highest BCUT2D eigenvalue weighted by Crippen LogP contribution is 2.41. The van der Waals surface area contributed by atoms with Crippen molar-refractivity contribution in [2.45, 2.75) is 13.8 Å². The SMILES string of the molecule is C=Cc1oc2c(-c3ccccc3-c3nc4c5ccccc5c5ccccc5c4nc3C)cccc2c1/C=C\C. The van der Waals surface area contributed by atoms with E-state index in [1.165, 1.54) is 10.8 Å². The van der Waals surface area contributed by atoms with Crippen LogP contribution in [0.4, 0.5) is 0 Å². The van der Waals surface area contributed by atoms with Crippen molar-refractivity contribution in [2.24, 2.45) is 0 Å². The summed E-state index contributed by atoms with van der Waals surface area (Å²) in [4.78, 5) is 10.5. The highest BCUT2D eigenvalue weighted by molar-refractivity contribution is 6.23. The van der Waals surface area contributed by atoms with Gasteiger partial charge in [-0.3, -0.25) is 0 Å². The van der Waals surface area contributed by atoms with Crippen LogP contribution < -0.4 is 0 Å². The van der Waals surface area contributed by atoms with Gasteiger partial charge in [0.05, 0.1) is 22.4 Å². The Morgan fingerprint density at radius 1 is 0.641 bits per heavy atom. The molecule has 0 fully saturated rings. The first-order valence-corrected chi connectivity index (χ1v) is 13.2. The normalized spacial score (nSPS) is 11.8. The van der Waals surface area contributed by atoms with E-state index in [1.807, 2.05) is 13.0 Å². The van der Waals surface area contributed by atoms with Gasteiger partial charge in [0.2, 0.25) is 0 Å². The number of rotatable bonds is 4. The molecule has 0 saturated heterocycles.